The maximum absolute atomic E-state index is 11.2. The van der Waals surface area contributed by atoms with E-state index in [9.17, 15) is 9.90 Å². The molecule has 0 bridgehead atoms. The number of hydrogen-bond acceptors (Lipinski definition) is 6. The lowest BCUT2D eigenvalue weighted by molar-refractivity contribution is -0.138. The summed E-state index contributed by atoms with van der Waals surface area (Å²) in [5.41, 5.74) is 0. The number of rotatable bonds is 5. The van der Waals surface area contributed by atoms with Crippen molar-refractivity contribution in [3.05, 3.63) is 12.4 Å². The number of anilines is 1. The number of nitrogens with zero attached hydrogens (tertiary/aromatic N) is 3. The molecule has 104 valence electrons. The Bertz CT molecular complexity index is 441. The average molecular weight is 266 g/mol. The zero-order valence-corrected chi connectivity index (χ0v) is 10.9. The third kappa shape index (κ3) is 3.31. The van der Waals surface area contributed by atoms with Crippen molar-refractivity contribution in [2.75, 3.05) is 31.1 Å². The Morgan fingerprint density at radius 3 is 3.21 bits per heavy atom. The van der Waals surface area contributed by atoms with Crippen LogP contribution in [0.15, 0.2) is 12.4 Å². The van der Waals surface area contributed by atoms with E-state index in [1.54, 1.807) is 11.0 Å². The number of nitrogens with one attached hydrogen (secondary N) is 1. The number of hydrogen-bond donors (Lipinski definition) is 2. The van der Waals surface area contributed by atoms with Gasteiger partial charge in [0, 0.05) is 25.7 Å². The lowest BCUT2D eigenvalue weighted by atomic mass is 10.2. The van der Waals surface area contributed by atoms with Gasteiger partial charge in [-0.25, -0.2) is 14.8 Å². The molecule has 1 aliphatic rings. The number of aromatic nitrogens is 2. The number of carboxylic acids is 1. The fraction of sp³-hybridized carbons (Fsp3) is 0.583. The van der Waals surface area contributed by atoms with Crippen molar-refractivity contribution in [3.8, 4) is 5.88 Å². The largest absolute Gasteiger partial charge is 0.480 e. The fourth-order valence-electron chi connectivity index (χ4n) is 1.97. The third-order valence-electron chi connectivity index (χ3n) is 2.90. The maximum Gasteiger partial charge on any atom is 0.327 e. The van der Waals surface area contributed by atoms with Gasteiger partial charge in [0.2, 0.25) is 5.88 Å². The molecule has 0 saturated carbocycles. The molecule has 1 atom stereocenters. The highest BCUT2D eigenvalue weighted by molar-refractivity contribution is 5.78. The molecule has 1 fully saturated rings. The van der Waals surface area contributed by atoms with E-state index in [1.165, 1.54) is 6.33 Å². The van der Waals surface area contributed by atoms with E-state index in [-0.39, 0.29) is 0 Å². The fourth-order valence-corrected chi connectivity index (χ4v) is 1.97. The molecular formula is C12H18N4O3. The number of carboxylic acid groups (broad SMARTS) is 1. The van der Waals surface area contributed by atoms with E-state index < -0.39 is 12.0 Å². The summed E-state index contributed by atoms with van der Waals surface area (Å²) in [5.74, 6) is 0.214. The highest BCUT2D eigenvalue weighted by Crippen LogP contribution is 2.19. The van der Waals surface area contributed by atoms with Gasteiger partial charge in [0.05, 0.1) is 6.61 Å². The van der Waals surface area contributed by atoms with Crippen LogP contribution in [0.5, 0.6) is 5.88 Å². The molecule has 1 saturated heterocycles. The van der Waals surface area contributed by atoms with Crippen LogP contribution in [0.25, 0.3) is 0 Å². The highest BCUT2D eigenvalue weighted by atomic mass is 16.5. The van der Waals surface area contributed by atoms with Crippen LogP contribution in [0.4, 0.5) is 5.82 Å². The predicted octanol–water partition coefficient (Wildman–Crippen LogP) is 0.128. The van der Waals surface area contributed by atoms with Crippen LogP contribution >= 0.6 is 0 Å². The SMILES string of the molecule is CCCOc1cc(N2CCNCC2C(=O)O)ncn1. The molecule has 0 aromatic carbocycles. The predicted molar refractivity (Wildman–Crippen MR) is 69.5 cm³/mol. The molecule has 2 rings (SSSR count). The van der Waals surface area contributed by atoms with Gasteiger partial charge in [0.25, 0.3) is 0 Å². The van der Waals surface area contributed by atoms with Crippen LogP contribution in [0, 0.1) is 0 Å². The highest BCUT2D eigenvalue weighted by Gasteiger charge is 2.29. The summed E-state index contributed by atoms with van der Waals surface area (Å²) in [5, 5.41) is 12.3. The molecule has 0 radical (unpaired) electrons. The Morgan fingerprint density at radius 1 is 1.63 bits per heavy atom. The van der Waals surface area contributed by atoms with E-state index >= 15 is 0 Å². The van der Waals surface area contributed by atoms with Gasteiger partial charge in [-0.15, -0.1) is 0 Å². The molecule has 1 aromatic rings. The third-order valence-corrected chi connectivity index (χ3v) is 2.90. The van der Waals surface area contributed by atoms with Crippen molar-refractivity contribution < 1.29 is 14.6 Å². The van der Waals surface area contributed by atoms with Crippen molar-refractivity contribution in [1.82, 2.24) is 15.3 Å². The first-order valence-electron chi connectivity index (χ1n) is 6.37. The van der Waals surface area contributed by atoms with Crippen LogP contribution in [-0.2, 0) is 4.79 Å². The smallest absolute Gasteiger partial charge is 0.327 e. The molecule has 2 N–H and O–H groups in total. The minimum Gasteiger partial charge on any atom is -0.480 e. The number of carbonyl (C=O) groups is 1. The normalized spacial score (nSPS) is 19.2. The Balaban J connectivity index is 2.16. The molecule has 0 spiro atoms. The number of ether oxygens (including phenoxy) is 1. The summed E-state index contributed by atoms with van der Waals surface area (Å²) in [6, 6.07) is 1.08. The van der Waals surface area contributed by atoms with Gasteiger partial charge in [-0.3, -0.25) is 0 Å². The van der Waals surface area contributed by atoms with Crippen molar-refractivity contribution in [3.63, 3.8) is 0 Å². The van der Waals surface area contributed by atoms with Crippen LogP contribution in [-0.4, -0.2) is 53.3 Å². The van der Waals surface area contributed by atoms with Crippen LogP contribution in [0.2, 0.25) is 0 Å². The number of aliphatic carboxylic acids is 1. The molecule has 1 aromatic heterocycles. The topological polar surface area (TPSA) is 87.6 Å². The van der Waals surface area contributed by atoms with Crippen LogP contribution in [0.3, 0.4) is 0 Å². The van der Waals surface area contributed by atoms with Gasteiger partial charge < -0.3 is 20.1 Å². The van der Waals surface area contributed by atoms with Crippen LogP contribution < -0.4 is 15.0 Å². The van der Waals surface area contributed by atoms with Crippen molar-refractivity contribution in [1.29, 1.82) is 0 Å². The molecule has 7 nitrogen and oxygen atoms in total. The standard InChI is InChI=1S/C12H18N4O3/c1-2-5-19-11-6-10(14-8-15-11)16-4-3-13-7-9(16)12(17)18/h6,8-9,13H,2-5,7H2,1H3,(H,17,18). The minimum atomic E-state index is -0.859. The molecule has 2 heterocycles. The zero-order chi connectivity index (χ0) is 13.7. The molecule has 0 amide bonds. The zero-order valence-electron chi connectivity index (χ0n) is 10.9. The Morgan fingerprint density at radius 2 is 2.47 bits per heavy atom. The Labute approximate surface area is 111 Å². The Hall–Kier alpha value is -1.89. The summed E-state index contributed by atoms with van der Waals surface area (Å²) in [7, 11) is 0. The van der Waals surface area contributed by atoms with Gasteiger partial charge in [-0.05, 0) is 6.42 Å². The summed E-state index contributed by atoms with van der Waals surface area (Å²) in [6.45, 7) is 4.34. The average Bonchev–Trinajstić information content (AvgIpc) is 2.45. The second kappa shape index (κ2) is 6.33. The monoisotopic (exact) mass is 266 g/mol. The molecule has 0 aliphatic carbocycles. The maximum atomic E-state index is 11.2. The van der Waals surface area contributed by atoms with Gasteiger partial charge >= 0.3 is 5.97 Å². The molecule has 19 heavy (non-hydrogen) atoms. The number of piperazine rings is 1. The first kappa shape index (κ1) is 13.5. The van der Waals surface area contributed by atoms with Crippen molar-refractivity contribution >= 4 is 11.8 Å². The second-order valence-corrected chi connectivity index (χ2v) is 4.31. The van der Waals surface area contributed by atoms with Gasteiger partial charge in [0.15, 0.2) is 0 Å². The second-order valence-electron chi connectivity index (χ2n) is 4.31. The summed E-state index contributed by atoms with van der Waals surface area (Å²) >= 11 is 0. The lowest BCUT2D eigenvalue weighted by Crippen LogP contribution is -2.55. The molecule has 1 unspecified atom stereocenters. The first-order chi connectivity index (χ1) is 9.22. The van der Waals surface area contributed by atoms with Crippen molar-refractivity contribution in [2.45, 2.75) is 19.4 Å². The Kier molecular flexibility index (Phi) is 4.51. The van der Waals surface area contributed by atoms with E-state index in [2.05, 4.69) is 15.3 Å². The summed E-state index contributed by atoms with van der Waals surface area (Å²) < 4.78 is 5.44. The van der Waals surface area contributed by atoms with Crippen molar-refractivity contribution in [2.24, 2.45) is 0 Å². The van der Waals surface area contributed by atoms with Gasteiger partial charge in [0.1, 0.15) is 18.2 Å². The van der Waals surface area contributed by atoms with E-state index in [4.69, 9.17) is 4.74 Å². The molecular weight excluding hydrogens is 248 g/mol. The van der Waals surface area contributed by atoms with Gasteiger partial charge in [-0.2, -0.15) is 0 Å². The molecule has 1 aliphatic heterocycles. The quantitative estimate of drug-likeness (QED) is 0.783. The minimum absolute atomic E-state index is 0.407. The molecule has 7 heteroatoms. The van der Waals surface area contributed by atoms with E-state index in [0.29, 0.717) is 31.4 Å². The first-order valence-corrected chi connectivity index (χ1v) is 6.37. The summed E-state index contributed by atoms with van der Waals surface area (Å²) in [6.07, 6.45) is 2.30. The van der Waals surface area contributed by atoms with E-state index in [0.717, 1.165) is 13.0 Å². The van der Waals surface area contributed by atoms with Gasteiger partial charge in [-0.1, -0.05) is 6.92 Å². The van der Waals surface area contributed by atoms with Crippen LogP contribution in [0.1, 0.15) is 13.3 Å². The lowest BCUT2D eigenvalue weighted by Gasteiger charge is -2.34. The van der Waals surface area contributed by atoms with E-state index in [1.807, 2.05) is 6.92 Å². The summed E-state index contributed by atoms with van der Waals surface area (Å²) in [4.78, 5) is 21.2.